The van der Waals surface area contributed by atoms with Crippen LogP contribution in [0.15, 0.2) is 133 Å². The minimum Gasteiger partial charge on any atom is -0.0989 e. The standard InChI is InChI=1S/C30H28/c1-24(2)30(27-19-11-5-12-20-27,28-21-13-6-14-22-28)23-29(25-15-7-3-8-16-25)26-17-9-4-10-18-26/h3-22,29H,1,23H2,2H3. The van der Waals surface area contributed by atoms with Crippen LogP contribution in [0.5, 0.6) is 0 Å². The lowest BCUT2D eigenvalue weighted by Gasteiger charge is -2.39. The highest BCUT2D eigenvalue weighted by Crippen LogP contribution is 2.47. The molecule has 148 valence electrons. The number of hydrogen-bond donors (Lipinski definition) is 0. The van der Waals surface area contributed by atoms with Gasteiger partial charge in [0.1, 0.15) is 0 Å². The average molecular weight is 389 g/mol. The minimum atomic E-state index is -0.279. The van der Waals surface area contributed by atoms with Gasteiger partial charge in [0.15, 0.2) is 0 Å². The Morgan fingerprint density at radius 1 is 0.600 bits per heavy atom. The molecule has 0 aliphatic carbocycles. The van der Waals surface area contributed by atoms with Crippen LogP contribution in [0.3, 0.4) is 0 Å². The van der Waals surface area contributed by atoms with Crippen LogP contribution in [0.2, 0.25) is 0 Å². The van der Waals surface area contributed by atoms with E-state index in [4.69, 9.17) is 0 Å². The molecule has 0 aliphatic heterocycles. The Morgan fingerprint density at radius 3 is 1.27 bits per heavy atom. The van der Waals surface area contributed by atoms with Gasteiger partial charge in [-0.15, -0.1) is 0 Å². The van der Waals surface area contributed by atoms with Gasteiger partial charge in [0.05, 0.1) is 0 Å². The fourth-order valence-corrected chi connectivity index (χ4v) is 4.62. The summed E-state index contributed by atoms with van der Waals surface area (Å²) >= 11 is 0. The molecule has 0 saturated heterocycles. The van der Waals surface area contributed by atoms with Gasteiger partial charge in [0.25, 0.3) is 0 Å². The molecule has 0 aliphatic rings. The molecule has 4 aromatic carbocycles. The van der Waals surface area contributed by atoms with Crippen molar-refractivity contribution in [3.63, 3.8) is 0 Å². The van der Waals surface area contributed by atoms with E-state index in [-0.39, 0.29) is 11.3 Å². The van der Waals surface area contributed by atoms with E-state index in [0.29, 0.717) is 0 Å². The number of allylic oxidation sites excluding steroid dienone is 1. The predicted octanol–water partition coefficient (Wildman–Crippen LogP) is 7.77. The molecule has 0 fully saturated rings. The third-order valence-electron chi connectivity index (χ3n) is 6.18. The van der Waals surface area contributed by atoms with Gasteiger partial charge in [-0.25, -0.2) is 0 Å². The normalized spacial score (nSPS) is 11.4. The van der Waals surface area contributed by atoms with Crippen molar-refractivity contribution in [2.75, 3.05) is 0 Å². The topological polar surface area (TPSA) is 0 Å². The first-order chi connectivity index (χ1) is 14.7. The van der Waals surface area contributed by atoms with Gasteiger partial charge in [-0.05, 0) is 35.6 Å². The van der Waals surface area contributed by atoms with E-state index < -0.39 is 0 Å². The molecule has 0 radical (unpaired) electrons. The molecular formula is C30H28. The number of hydrogen-bond acceptors (Lipinski definition) is 0. The van der Waals surface area contributed by atoms with Crippen molar-refractivity contribution in [1.29, 1.82) is 0 Å². The maximum atomic E-state index is 4.52. The molecule has 4 rings (SSSR count). The van der Waals surface area contributed by atoms with Crippen molar-refractivity contribution in [2.45, 2.75) is 24.7 Å². The first-order valence-electron chi connectivity index (χ1n) is 10.6. The van der Waals surface area contributed by atoms with E-state index in [1.807, 2.05) is 0 Å². The highest BCUT2D eigenvalue weighted by molar-refractivity contribution is 5.49. The summed E-state index contributed by atoms with van der Waals surface area (Å²) in [7, 11) is 0. The fourth-order valence-electron chi connectivity index (χ4n) is 4.62. The Balaban J connectivity index is 1.93. The first kappa shape index (κ1) is 19.9. The summed E-state index contributed by atoms with van der Waals surface area (Å²) in [5.74, 6) is 0.254. The van der Waals surface area contributed by atoms with Gasteiger partial charge >= 0.3 is 0 Å². The molecule has 0 amide bonds. The fraction of sp³-hybridized carbons (Fsp3) is 0.133. The van der Waals surface area contributed by atoms with Crippen molar-refractivity contribution in [1.82, 2.24) is 0 Å². The zero-order chi connectivity index (χ0) is 20.8. The molecule has 4 aromatic rings. The Bertz CT molecular complexity index is 985. The van der Waals surface area contributed by atoms with Gasteiger partial charge in [0, 0.05) is 11.3 Å². The summed E-state index contributed by atoms with van der Waals surface area (Å²) in [6, 6.07) is 43.4. The Morgan fingerprint density at radius 2 is 0.933 bits per heavy atom. The van der Waals surface area contributed by atoms with E-state index >= 15 is 0 Å². The monoisotopic (exact) mass is 388 g/mol. The lowest BCUT2D eigenvalue weighted by atomic mass is 9.63. The lowest BCUT2D eigenvalue weighted by Crippen LogP contribution is -2.31. The number of benzene rings is 4. The van der Waals surface area contributed by atoms with Crippen LogP contribution in [0, 0.1) is 0 Å². The minimum absolute atomic E-state index is 0.254. The van der Waals surface area contributed by atoms with Gasteiger partial charge in [-0.3, -0.25) is 0 Å². The first-order valence-corrected chi connectivity index (χ1v) is 10.6. The second kappa shape index (κ2) is 8.97. The van der Waals surface area contributed by atoms with Crippen molar-refractivity contribution >= 4 is 0 Å². The van der Waals surface area contributed by atoms with E-state index in [2.05, 4.69) is 135 Å². The summed E-state index contributed by atoms with van der Waals surface area (Å²) in [6.45, 7) is 6.69. The Kier molecular flexibility index (Phi) is 5.95. The SMILES string of the molecule is C=C(C)C(CC(c1ccccc1)c1ccccc1)(c1ccccc1)c1ccccc1. The predicted molar refractivity (Wildman–Crippen MR) is 128 cm³/mol. The van der Waals surface area contributed by atoms with Crippen LogP contribution in [0.1, 0.15) is 41.5 Å². The third kappa shape index (κ3) is 3.86. The lowest BCUT2D eigenvalue weighted by molar-refractivity contribution is 0.511. The summed E-state index contributed by atoms with van der Waals surface area (Å²) in [4.78, 5) is 0. The second-order valence-electron chi connectivity index (χ2n) is 8.00. The molecule has 0 heterocycles. The smallest absolute Gasteiger partial charge is 0.0414 e. The van der Waals surface area contributed by atoms with E-state index in [9.17, 15) is 0 Å². The summed E-state index contributed by atoms with van der Waals surface area (Å²) in [5.41, 5.74) is 6.14. The Hall–Kier alpha value is -3.38. The molecule has 0 heteroatoms. The summed E-state index contributed by atoms with van der Waals surface area (Å²) in [5, 5.41) is 0. The van der Waals surface area contributed by atoms with Gasteiger partial charge in [0.2, 0.25) is 0 Å². The van der Waals surface area contributed by atoms with Crippen LogP contribution < -0.4 is 0 Å². The van der Waals surface area contributed by atoms with E-state index in [1.54, 1.807) is 0 Å². The Labute approximate surface area is 180 Å². The van der Waals surface area contributed by atoms with Crippen molar-refractivity contribution in [3.8, 4) is 0 Å². The van der Waals surface area contributed by atoms with Crippen molar-refractivity contribution < 1.29 is 0 Å². The van der Waals surface area contributed by atoms with Gasteiger partial charge < -0.3 is 0 Å². The van der Waals surface area contributed by atoms with Crippen molar-refractivity contribution in [3.05, 3.63) is 156 Å². The zero-order valence-electron chi connectivity index (χ0n) is 17.5. The zero-order valence-corrected chi connectivity index (χ0v) is 17.5. The third-order valence-corrected chi connectivity index (χ3v) is 6.18. The largest absolute Gasteiger partial charge is 0.0989 e. The molecule has 0 saturated carbocycles. The van der Waals surface area contributed by atoms with Crippen LogP contribution in [-0.4, -0.2) is 0 Å². The van der Waals surface area contributed by atoms with Crippen LogP contribution >= 0.6 is 0 Å². The van der Waals surface area contributed by atoms with E-state index in [1.165, 1.54) is 22.3 Å². The molecule has 0 atom stereocenters. The van der Waals surface area contributed by atoms with Crippen molar-refractivity contribution in [2.24, 2.45) is 0 Å². The highest BCUT2D eigenvalue weighted by Gasteiger charge is 2.38. The highest BCUT2D eigenvalue weighted by atomic mass is 14.4. The van der Waals surface area contributed by atoms with Gasteiger partial charge in [-0.2, -0.15) is 0 Å². The molecule has 0 spiro atoms. The molecular weight excluding hydrogens is 360 g/mol. The molecule has 0 N–H and O–H groups in total. The quantitative estimate of drug-likeness (QED) is 0.284. The maximum Gasteiger partial charge on any atom is 0.0414 e. The summed E-state index contributed by atoms with van der Waals surface area (Å²) in [6.07, 6.45) is 0.921. The molecule has 30 heavy (non-hydrogen) atoms. The van der Waals surface area contributed by atoms with Crippen LogP contribution in [0.4, 0.5) is 0 Å². The molecule has 0 bridgehead atoms. The van der Waals surface area contributed by atoms with Gasteiger partial charge in [-0.1, -0.05) is 133 Å². The number of rotatable bonds is 7. The molecule has 0 aromatic heterocycles. The van der Waals surface area contributed by atoms with Crippen LogP contribution in [0.25, 0.3) is 0 Å². The van der Waals surface area contributed by atoms with Crippen LogP contribution in [-0.2, 0) is 5.41 Å². The average Bonchev–Trinajstić information content (AvgIpc) is 2.82. The molecule has 0 nitrogen and oxygen atoms in total. The molecule has 0 unspecified atom stereocenters. The summed E-state index contributed by atoms with van der Waals surface area (Å²) < 4.78 is 0. The second-order valence-corrected chi connectivity index (χ2v) is 8.00. The van der Waals surface area contributed by atoms with E-state index in [0.717, 1.165) is 12.0 Å². The maximum absolute atomic E-state index is 4.52.